The molecular weight excluding hydrogens is 334 g/mol. The summed E-state index contributed by atoms with van der Waals surface area (Å²) in [6.07, 6.45) is 1.79. The Balaban J connectivity index is 1.96. The van der Waals surface area contributed by atoms with Gasteiger partial charge in [-0.05, 0) is 45.1 Å². The molecule has 1 aliphatic carbocycles. The first-order valence-corrected chi connectivity index (χ1v) is 9.84. The van der Waals surface area contributed by atoms with Gasteiger partial charge in [0.25, 0.3) is 0 Å². The van der Waals surface area contributed by atoms with Crippen LogP contribution in [0, 0.1) is 0 Å². The molecule has 0 amide bonds. The molecule has 4 rings (SSSR count). The number of rotatable bonds is 5. The highest BCUT2D eigenvalue weighted by molar-refractivity contribution is 6.20. The normalized spacial score (nSPS) is 15.2. The van der Waals surface area contributed by atoms with E-state index >= 15 is 0 Å². The molecule has 0 unspecified atom stereocenters. The quantitative estimate of drug-likeness (QED) is 0.682. The molecule has 2 aromatic heterocycles. The summed E-state index contributed by atoms with van der Waals surface area (Å²) in [4.78, 5) is 20.4. The fourth-order valence-corrected chi connectivity index (χ4v) is 4.53. The second-order valence-electron chi connectivity index (χ2n) is 7.77. The van der Waals surface area contributed by atoms with Crippen LogP contribution in [0.15, 0.2) is 42.6 Å². The fourth-order valence-electron chi connectivity index (χ4n) is 4.53. The molecule has 0 saturated heterocycles. The smallest absolute Gasteiger partial charge is 0.197 e. The van der Waals surface area contributed by atoms with E-state index in [0.717, 1.165) is 59.6 Å². The second kappa shape index (κ2) is 6.61. The topological polar surface area (TPSA) is 38.1 Å². The summed E-state index contributed by atoms with van der Waals surface area (Å²) in [6, 6.07) is 12.1. The van der Waals surface area contributed by atoms with Gasteiger partial charge < -0.3 is 9.47 Å². The number of likely N-dealkylation sites (N-methyl/N-ethyl adjacent to an activating group) is 1. The van der Waals surface area contributed by atoms with Crippen molar-refractivity contribution in [1.82, 2.24) is 14.5 Å². The summed E-state index contributed by atoms with van der Waals surface area (Å²) in [5.74, 6) is 0.102. The molecule has 1 aliphatic rings. The van der Waals surface area contributed by atoms with Crippen molar-refractivity contribution in [2.45, 2.75) is 39.7 Å². The van der Waals surface area contributed by atoms with E-state index in [4.69, 9.17) is 0 Å². The molecule has 3 aromatic rings. The number of pyridine rings is 1. The Kier molecular flexibility index (Phi) is 4.39. The molecule has 2 heterocycles. The number of nitrogens with zero attached hydrogens (tertiary/aromatic N) is 3. The number of carbonyl (C=O) groups excluding carboxylic acids is 1. The van der Waals surface area contributed by atoms with Crippen molar-refractivity contribution in [2.75, 3.05) is 19.6 Å². The van der Waals surface area contributed by atoms with Gasteiger partial charge in [0.1, 0.15) is 0 Å². The standard InChI is InChI=1S/C23H27N3O/c1-5-25(6-2)14-15-26-18-12-8-7-10-16(18)19-20(27)17-11-9-13-24-21(17)23(3,4)22(19)26/h7-13H,5-6,14-15H2,1-4H3. The molecule has 1 aromatic carbocycles. The van der Waals surface area contributed by atoms with Crippen LogP contribution >= 0.6 is 0 Å². The monoisotopic (exact) mass is 361 g/mol. The summed E-state index contributed by atoms with van der Waals surface area (Å²) in [5.41, 5.74) is 4.41. The lowest BCUT2D eigenvalue weighted by molar-refractivity contribution is 0.103. The van der Waals surface area contributed by atoms with E-state index in [1.54, 1.807) is 6.20 Å². The van der Waals surface area contributed by atoms with Gasteiger partial charge in [0.15, 0.2) is 5.78 Å². The van der Waals surface area contributed by atoms with Gasteiger partial charge in [0, 0.05) is 46.9 Å². The summed E-state index contributed by atoms with van der Waals surface area (Å²) < 4.78 is 2.36. The number of para-hydroxylation sites is 1. The minimum Gasteiger partial charge on any atom is -0.342 e. The van der Waals surface area contributed by atoms with Crippen LogP contribution < -0.4 is 0 Å². The van der Waals surface area contributed by atoms with Crippen LogP contribution in [0.5, 0.6) is 0 Å². The third-order valence-electron chi connectivity index (χ3n) is 5.97. The van der Waals surface area contributed by atoms with Gasteiger partial charge in [0.05, 0.1) is 11.3 Å². The van der Waals surface area contributed by atoms with E-state index in [1.165, 1.54) is 0 Å². The Bertz CT molecular complexity index is 1010. The summed E-state index contributed by atoms with van der Waals surface area (Å²) in [5, 5.41) is 1.06. The van der Waals surface area contributed by atoms with Gasteiger partial charge in [-0.1, -0.05) is 32.0 Å². The fraction of sp³-hybridized carbons (Fsp3) is 0.391. The highest BCUT2D eigenvalue weighted by atomic mass is 16.1. The zero-order chi connectivity index (χ0) is 19.2. The van der Waals surface area contributed by atoms with Crippen molar-refractivity contribution >= 4 is 16.7 Å². The minimum atomic E-state index is -0.317. The van der Waals surface area contributed by atoms with Gasteiger partial charge in [-0.15, -0.1) is 0 Å². The van der Waals surface area contributed by atoms with Crippen LogP contribution in [0.3, 0.4) is 0 Å². The molecule has 0 N–H and O–H groups in total. The van der Waals surface area contributed by atoms with Gasteiger partial charge in [-0.25, -0.2) is 0 Å². The van der Waals surface area contributed by atoms with E-state index in [0.29, 0.717) is 0 Å². The lowest BCUT2D eigenvalue weighted by Crippen LogP contribution is -2.35. The molecule has 0 aliphatic heterocycles. The molecule has 0 bridgehead atoms. The van der Waals surface area contributed by atoms with Crippen molar-refractivity contribution in [3.05, 3.63) is 65.1 Å². The Labute approximate surface area is 160 Å². The summed E-state index contributed by atoms with van der Waals surface area (Å²) >= 11 is 0. The first-order chi connectivity index (χ1) is 13.0. The lowest BCUT2D eigenvalue weighted by atomic mass is 9.74. The maximum atomic E-state index is 13.4. The number of hydrogen-bond donors (Lipinski definition) is 0. The predicted octanol–water partition coefficient (Wildman–Crippen LogP) is 4.25. The Hall–Kier alpha value is -2.46. The first-order valence-electron chi connectivity index (χ1n) is 9.84. The van der Waals surface area contributed by atoms with E-state index in [2.05, 4.69) is 60.3 Å². The van der Waals surface area contributed by atoms with Crippen LogP contribution in [-0.4, -0.2) is 39.9 Å². The number of aromatic nitrogens is 2. The molecular formula is C23H27N3O. The molecule has 27 heavy (non-hydrogen) atoms. The molecule has 0 radical (unpaired) electrons. The van der Waals surface area contributed by atoms with E-state index < -0.39 is 0 Å². The van der Waals surface area contributed by atoms with Crippen molar-refractivity contribution in [3.63, 3.8) is 0 Å². The lowest BCUT2D eigenvalue weighted by Gasteiger charge is -2.33. The van der Waals surface area contributed by atoms with Gasteiger partial charge in [-0.3, -0.25) is 9.78 Å². The molecule has 4 heteroatoms. The highest BCUT2D eigenvalue weighted by Crippen LogP contribution is 2.44. The average molecular weight is 361 g/mol. The van der Waals surface area contributed by atoms with Crippen molar-refractivity contribution in [2.24, 2.45) is 0 Å². The van der Waals surface area contributed by atoms with Gasteiger partial charge in [0.2, 0.25) is 0 Å². The average Bonchev–Trinajstić information content (AvgIpc) is 3.03. The highest BCUT2D eigenvalue weighted by Gasteiger charge is 2.42. The van der Waals surface area contributed by atoms with Gasteiger partial charge >= 0.3 is 0 Å². The Morgan fingerprint density at radius 2 is 1.81 bits per heavy atom. The second-order valence-corrected chi connectivity index (χ2v) is 7.77. The van der Waals surface area contributed by atoms with E-state index in [1.807, 2.05) is 18.2 Å². The minimum absolute atomic E-state index is 0.102. The third-order valence-corrected chi connectivity index (χ3v) is 5.97. The SMILES string of the molecule is CCN(CC)CCn1c2c(c3ccccc31)C(=O)c1cccnc1C2(C)C. The maximum absolute atomic E-state index is 13.4. The molecule has 0 spiro atoms. The largest absolute Gasteiger partial charge is 0.342 e. The number of carbonyl (C=O) groups is 1. The zero-order valence-electron chi connectivity index (χ0n) is 16.6. The third kappa shape index (κ3) is 2.62. The summed E-state index contributed by atoms with van der Waals surface area (Å²) in [7, 11) is 0. The van der Waals surface area contributed by atoms with Crippen LogP contribution in [-0.2, 0) is 12.0 Å². The number of ketones is 1. The molecule has 0 atom stereocenters. The zero-order valence-corrected chi connectivity index (χ0v) is 16.6. The number of fused-ring (bicyclic) bond motifs is 4. The van der Waals surface area contributed by atoms with Crippen molar-refractivity contribution < 1.29 is 4.79 Å². The predicted molar refractivity (Wildman–Crippen MR) is 110 cm³/mol. The maximum Gasteiger partial charge on any atom is 0.197 e. The summed E-state index contributed by atoms with van der Waals surface area (Å²) in [6.45, 7) is 12.7. The van der Waals surface area contributed by atoms with Gasteiger partial charge in [-0.2, -0.15) is 0 Å². The molecule has 4 nitrogen and oxygen atoms in total. The van der Waals surface area contributed by atoms with Crippen LogP contribution in [0.25, 0.3) is 10.9 Å². The van der Waals surface area contributed by atoms with Crippen LogP contribution in [0.4, 0.5) is 0 Å². The number of benzene rings is 1. The Morgan fingerprint density at radius 1 is 1.07 bits per heavy atom. The Morgan fingerprint density at radius 3 is 2.56 bits per heavy atom. The van der Waals surface area contributed by atoms with Crippen molar-refractivity contribution in [1.29, 1.82) is 0 Å². The first kappa shape index (κ1) is 17.9. The van der Waals surface area contributed by atoms with E-state index in [9.17, 15) is 4.79 Å². The van der Waals surface area contributed by atoms with Crippen molar-refractivity contribution in [3.8, 4) is 0 Å². The van der Waals surface area contributed by atoms with E-state index in [-0.39, 0.29) is 11.2 Å². The molecule has 140 valence electrons. The molecule has 0 fully saturated rings. The number of hydrogen-bond acceptors (Lipinski definition) is 3. The van der Waals surface area contributed by atoms with Crippen LogP contribution in [0.2, 0.25) is 0 Å². The molecule has 0 saturated carbocycles. The van der Waals surface area contributed by atoms with Crippen LogP contribution in [0.1, 0.15) is 55.0 Å².